The van der Waals surface area contributed by atoms with E-state index < -0.39 is 0 Å². The van der Waals surface area contributed by atoms with E-state index in [1.54, 1.807) is 36.7 Å². The molecule has 0 atom stereocenters. The molecule has 2 aromatic heterocycles. The molecule has 6 heteroatoms. The summed E-state index contributed by atoms with van der Waals surface area (Å²) in [6.07, 6.45) is 3.26. The van der Waals surface area contributed by atoms with Crippen molar-refractivity contribution in [2.24, 2.45) is 0 Å². The number of anilines is 1. The van der Waals surface area contributed by atoms with E-state index in [9.17, 15) is 4.79 Å². The van der Waals surface area contributed by atoms with Gasteiger partial charge in [0.1, 0.15) is 0 Å². The van der Waals surface area contributed by atoms with E-state index in [0.717, 1.165) is 5.56 Å². The van der Waals surface area contributed by atoms with Crippen LogP contribution in [0.2, 0.25) is 0 Å². The van der Waals surface area contributed by atoms with E-state index in [4.69, 9.17) is 4.42 Å². The molecule has 0 saturated carbocycles. The summed E-state index contributed by atoms with van der Waals surface area (Å²) in [6, 6.07) is 10.9. The molecular formula is C15H12N4O2. The van der Waals surface area contributed by atoms with Gasteiger partial charge in [0.15, 0.2) is 0 Å². The standard InChI is InChI=1S/C15H12N4O2/c1-10-4-2-5-11(8-10)13(20)17-15-19-18-14(21-15)12-6-3-7-16-9-12/h2-9H,1H3,(H,17,19,20). The Balaban J connectivity index is 1.77. The minimum absolute atomic E-state index is 0.0559. The molecule has 1 N–H and O–H groups in total. The topological polar surface area (TPSA) is 80.9 Å². The SMILES string of the molecule is Cc1cccc(C(=O)Nc2nnc(-c3cccnc3)o2)c1. The van der Waals surface area contributed by atoms with Gasteiger partial charge in [-0.25, -0.2) is 0 Å². The Bertz CT molecular complexity index is 768. The molecule has 0 spiro atoms. The highest BCUT2D eigenvalue weighted by Crippen LogP contribution is 2.18. The Hall–Kier alpha value is -3.02. The van der Waals surface area contributed by atoms with Gasteiger partial charge >= 0.3 is 6.01 Å². The molecular weight excluding hydrogens is 268 g/mol. The smallest absolute Gasteiger partial charge is 0.322 e. The van der Waals surface area contributed by atoms with Gasteiger partial charge < -0.3 is 4.42 Å². The molecule has 0 bridgehead atoms. The maximum Gasteiger partial charge on any atom is 0.322 e. The summed E-state index contributed by atoms with van der Waals surface area (Å²) in [5, 5.41) is 10.3. The number of carbonyl (C=O) groups excluding carboxylic acids is 1. The van der Waals surface area contributed by atoms with Gasteiger partial charge in [0.25, 0.3) is 11.8 Å². The Morgan fingerprint density at radius 3 is 2.86 bits per heavy atom. The van der Waals surface area contributed by atoms with E-state index >= 15 is 0 Å². The zero-order valence-corrected chi connectivity index (χ0v) is 11.3. The number of aromatic nitrogens is 3. The van der Waals surface area contributed by atoms with E-state index in [-0.39, 0.29) is 11.9 Å². The second-order valence-electron chi connectivity index (χ2n) is 4.48. The normalized spacial score (nSPS) is 10.3. The quantitative estimate of drug-likeness (QED) is 0.797. The molecule has 0 unspecified atom stereocenters. The zero-order valence-electron chi connectivity index (χ0n) is 11.3. The summed E-state index contributed by atoms with van der Waals surface area (Å²) < 4.78 is 5.40. The van der Waals surface area contributed by atoms with Crippen LogP contribution in [0.25, 0.3) is 11.5 Å². The van der Waals surface area contributed by atoms with Gasteiger partial charge in [-0.3, -0.25) is 15.1 Å². The minimum atomic E-state index is -0.292. The lowest BCUT2D eigenvalue weighted by atomic mass is 10.1. The number of nitrogens with zero attached hydrogens (tertiary/aromatic N) is 3. The van der Waals surface area contributed by atoms with Crippen LogP contribution in [0.4, 0.5) is 6.01 Å². The third-order valence-electron chi connectivity index (χ3n) is 2.83. The van der Waals surface area contributed by atoms with Crippen molar-refractivity contribution in [1.29, 1.82) is 0 Å². The lowest BCUT2D eigenvalue weighted by Gasteiger charge is -2.01. The molecule has 3 rings (SSSR count). The van der Waals surface area contributed by atoms with Gasteiger partial charge in [0, 0.05) is 18.0 Å². The van der Waals surface area contributed by atoms with Crippen molar-refractivity contribution in [3.8, 4) is 11.5 Å². The van der Waals surface area contributed by atoms with E-state index in [2.05, 4.69) is 20.5 Å². The minimum Gasteiger partial charge on any atom is -0.403 e. The van der Waals surface area contributed by atoms with E-state index in [1.165, 1.54) is 0 Å². The molecule has 6 nitrogen and oxygen atoms in total. The molecule has 0 fully saturated rings. The monoisotopic (exact) mass is 280 g/mol. The Labute approximate surface area is 120 Å². The first-order valence-corrected chi connectivity index (χ1v) is 6.34. The van der Waals surface area contributed by atoms with Crippen molar-refractivity contribution in [2.75, 3.05) is 5.32 Å². The van der Waals surface area contributed by atoms with Crippen LogP contribution in [0.3, 0.4) is 0 Å². The molecule has 0 aliphatic heterocycles. The average Bonchev–Trinajstić information content (AvgIpc) is 2.97. The van der Waals surface area contributed by atoms with Crippen molar-refractivity contribution in [1.82, 2.24) is 15.2 Å². The summed E-state index contributed by atoms with van der Waals surface area (Å²) >= 11 is 0. The van der Waals surface area contributed by atoms with Crippen LogP contribution in [0.1, 0.15) is 15.9 Å². The van der Waals surface area contributed by atoms with Crippen molar-refractivity contribution in [3.05, 3.63) is 59.9 Å². The first-order chi connectivity index (χ1) is 10.2. The summed E-state index contributed by atoms with van der Waals surface area (Å²) in [7, 11) is 0. The number of rotatable bonds is 3. The van der Waals surface area contributed by atoms with Gasteiger partial charge in [0.05, 0.1) is 5.56 Å². The highest BCUT2D eigenvalue weighted by molar-refractivity contribution is 6.03. The number of carbonyl (C=O) groups is 1. The predicted molar refractivity (Wildman–Crippen MR) is 76.7 cm³/mol. The van der Waals surface area contributed by atoms with Crippen LogP contribution in [0, 0.1) is 6.92 Å². The van der Waals surface area contributed by atoms with Gasteiger partial charge in [-0.15, -0.1) is 5.10 Å². The molecule has 1 aromatic carbocycles. The van der Waals surface area contributed by atoms with Crippen LogP contribution >= 0.6 is 0 Å². The highest BCUT2D eigenvalue weighted by atomic mass is 16.4. The maximum absolute atomic E-state index is 12.1. The van der Waals surface area contributed by atoms with Crippen molar-refractivity contribution in [3.63, 3.8) is 0 Å². The lowest BCUT2D eigenvalue weighted by molar-refractivity contribution is 0.102. The van der Waals surface area contributed by atoms with Crippen molar-refractivity contribution < 1.29 is 9.21 Å². The van der Waals surface area contributed by atoms with Crippen LogP contribution in [-0.2, 0) is 0 Å². The molecule has 0 aliphatic rings. The molecule has 0 aliphatic carbocycles. The fraction of sp³-hybridized carbons (Fsp3) is 0.0667. The fourth-order valence-electron chi connectivity index (χ4n) is 1.84. The zero-order chi connectivity index (χ0) is 14.7. The molecule has 104 valence electrons. The molecule has 0 saturated heterocycles. The maximum atomic E-state index is 12.1. The number of hydrogen-bond acceptors (Lipinski definition) is 5. The average molecular weight is 280 g/mol. The van der Waals surface area contributed by atoms with Gasteiger partial charge in [-0.2, -0.15) is 0 Å². The lowest BCUT2D eigenvalue weighted by Crippen LogP contribution is -2.12. The van der Waals surface area contributed by atoms with Gasteiger partial charge in [0.2, 0.25) is 0 Å². The Morgan fingerprint density at radius 1 is 1.19 bits per heavy atom. The third kappa shape index (κ3) is 2.94. The fourth-order valence-corrected chi connectivity index (χ4v) is 1.84. The summed E-state index contributed by atoms with van der Waals surface area (Å²) in [5.41, 5.74) is 2.24. The van der Waals surface area contributed by atoms with E-state index in [1.807, 2.05) is 19.1 Å². The van der Waals surface area contributed by atoms with Crippen LogP contribution in [-0.4, -0.2) is 21.1 Å². The predicted octanol–water partition coefficient (Wildman–Crippen LogP) is 2.69. The van der Waals surface area contributed by atoms with Crippen molar-refractivity contribution >= 4 is 11.9 Å². The van der Waals surface area contributed by atoms with Gasteiger partial charge in [-0.05, 0) is 31.2 Å². The molecule has 2 heterocycles. The number of amides is 1. The number of nitrogens with one attached hydrogen (secondary N) is 1. The number of benzene rings is 1. The Morgan fingerprint density at radius 2 is 2.10 bits per heavy atom. The molecule has 1 amide bonds. The van der Waals surface area contributed by atoms with E-state index in [0.29, 0.717) is 17.0 Å². The number of hydrogen-bond donors (Lipinski definition) is 1. The van der Waals surface area contributed by atoms with Crippen LogP contribution in [0.5, 0.6) is 0 Å². The number of pyridine rings is 1. The van der Waals surface area contributed by atoms with Crippen LogP contribution < -0.4 is 5.32 Å². The van der Waals surface area contributed by atoms with Crippen molar-refractivity contribution in [2.45, 2.75) is 6.92 Å². The first-order valence-electron chi connectivity index (χ1n) is 6.34. The third-order valence-corrected chi connectivity index (χ3v) is 2.83. The largest absolute Gasteiger partial charge is 0.403 e. The summed E-state index contributed by atoms with van der Waals surface area (Å²) in [6.45, 7) is 1.92. The molecule has 3 aromatic rings. The first kappa shape index (κ1) is 13.0. The highest BCUT2D eigenvalue weighted by Gasteiger charge is 2.12. The van der Waals surface area contributed by atoms with Gasteiger partial charge in [-0.1, -0.05) is 22.8 Å². The molecule has 21 heavy (non-hydrogen) atoms. The molecule has 0 radical (unpaired) electrons. The summed E-state index contributed by atoms with van der Waals surface area (Å²) in [4.78, 5) is 16.0. The second-order valence-corrected chi connectivity index (χ2v) is 4.48. The summed E-state index contributed by atoms with van der Waals surface area (Å²) in [5.74, 6) is 0.0164. The Kier molecular flexibility index (Phi) is 3.42. The number of aryl methyl sites for hydroxylation is 1. The van der Waals surface area contributed by atoms with Crippen LogP contribution in [0.15, 0.2) is 53.2 Å². The second kappa shape index (κ2) is 5.54.